The van der Waals surface area contributed by atoms with Crippen LogP contribution in [-0.2, 0) is 9.59 Å². The van der Waals surface area contributed by atoms with Gasteiger partial charge in [0, 0.05) is 19.6 Å². The molecule has 0 spiro atoms. The maximum Gasteiger partial charge on any atom is 0.260 e. The van der Waals surface area contributed by atoms with E-state index in [0.717, 1.165) is 38.0 Å². The molecule has 214 valence electrons. The van der Waals surface area contributed by atoms with E-state index in [4.69, 9.17) is 15.5 Å². The second-order valence-electron chi connectivity index (χ2n) is 12.6. The monoisotopic (exact) mass is 536 g/mol. The second kappa shape index (κ2) is 13.2. The quantitative estimate of drug-likeness (QED) is 0.426. The molecule has 2 aliphatic heterocycles. The van der Waals surface area contributed by atoms with E-state index in [1.807, 2.05) is 40.1 Å². The number of carbonyl (C=O) groups is 2. The fraction of sp³-hybridized carbons (Fsp3) is 0.719. The third kappa shape index (κ3) is 7.15. The zero-order valence-electron chi connectivity index (χ0n) is 23.7. The molecule has 0 bridgehead atoms. The van der Waals surface area contributed by atoms with Crippen LogP contribution in [0.5, 0.6) is 5.75 Å². The molecule has 1 aromatic carbocycles. The van der Waals surface area contributed by atoms with Crippen molar-refractivity contribution in [3.8, 4) is 5.75 Å². The van der Waals surface area contributed by atoms with E-state index in [0.29, 0.717) is 43.2 Å². The number of carbonyl (C=O) groups excluding carboxylic acids is 2. The highest BCUT2D eigenvalue weighted by Gasteiger charge is 2.49. The Morgan fingerprint density at radius 2 is 1.54 bits per heavy atom. The lowest BCUT2D eigenvalue weighted by Gasteiger charge is -2.35. The number of para-hydroxylation sites is 1. The van der Waals surface area contributed by atoms with Crippen molar-refractivity contribution < 1.29 is 14.3 Å². The van der Waals surface area contributed by atoms with Crippen LogP contribution in [0.4, 0.5) is 0 Å². The third-order valence-corrected chi connectivity index (χ3v) is 9.80. The molecule has 7 heteroatoms. The number of hydrogen-bond acceptors (Lipinski definition) is 5. The minimum atomic E-state index is -0.658. The molecule has 5 rings (SSSR count). The Kier molecular flexibility index (Phi) is 9.46. The van der Waals surface area contributed by atoms with E-state index in [2.05, 4.69) is 0 Å². The summed E-state index contributed by atoms with van der Waals surface area (Å²) in [6.07, 6.45) is 17.4. The van der Waals surface area contributed by atoms with Gasteiger partial charge in [-0.05, 0) is 62.0 Å². The zero-order valence-corrected chi connectivity index (χ0v) is 23.7. The number of aliphatic imine (C=N–C) groups is 1. The summed E-state index contributed by atoms with van der Waals surface area (Å²) in [7, 11) is 0. The summed E-state index contributed by atoms with van der Waals surface area (Å²) in [6.45, 7) is 2.06. The summed E-state index contributed by atoms with van der Waals surface area (Å²) in [4.78, 5) is 35.5. The van der Waals surface area contributed by atoms with Gasteiger partial charge in [-0.2, -0.15) is 0 Å². The first-order valence-corrected chi connectivity index (χ1v) is 15.7. The van der Waals surface area contributed by atoms with E-state index in [1.54, 1.807) is 0 Å². The molecule has 1 unspecified atom stereocenters. The van der Waals surface area contributed by atoms with Crippen LogP contribution < -0.4 is 10.5 Å². The van der Waals surface area contributed by atoms with Crippen molar-refractivity contribution >= 4 is 17.8 Å². The number of likely N-dealkylation sites (tertiary alicyclic amines) is 1. The Hall–Kier alpha value is -2.57. The van der Waals surface area contributed by atoms with Gasteiger partial charge >= 0.3 is 0 Å². The van der Waals surface area contributed by atoms with Gasteiger partial charge in [0.1, 0.15) is 11.3 Å². The van der Waals surface area contributed by atoms with Gasteiger partial charge in [-0.25, -0.2) is 4.99 Å². The minimum Gasteiger partial charge on any atom is -0.484 e. The Balaban J connectivity index is 1.16. The number of ether oxygens (including phenoxy) is 1. The number of piperidine rings is 1. The van der Waals surface area contributed by atoms with E-state index >= 15 is 0 Å². The normalized spacial score (nSPS) is 25.6. The number of hydrogen-bond donors (Lipinski definition) is 1. The minimum absolute atomic E-state index is 0.0184. The van der Waals surface area contributed by atoms with Crippen LogP contribution in [0.15, 0.2) is 35.3 Å². The molecule has 4 aliphatic rings. The largest absolute Gasteiger partial charge is 0.484 e. The van der Waals surface area contributed by atoms with Crippen LogP contribution in [-0.4, -0.2) is 59.4 Å². The van der Waals surface area contributed by atoms with Crippen molar-refractivity contribution in [2.24, 2.45) is 28.5 Å². The van der Waals surface area contributed by atoms with Gasteiger partial charge in [-0.15, -0.1) is 0 Å². The average Bonchev–Trinajstić information content (AvgIpc) is 3.21. The number of benzene rings is 1. The maximum atomic E-state index is 14.1. The molecule has 0 aromatic heterocycles. The van der Waals surface area contributed by atoms with Crippen LogP contribution in [0.2, 0.25) is 0 Å². The highest BCUT2D eigenvalue weighted by atomic mass is 16.5. The van der Waals surface area contributed by atoms with Crippen LogP contribution in [0.3, 0.4) is 0 Å². The Bertz CT molecular complexity index is 978. The number of nitrogens with zero attached hydrogens (tertiary/aromatic N) is 3. The molecule has 2 amide bonds. The van der Waals surface area contributed by atoms with Crippen LogP contribution in [0.1, 0.15) is 96.3 Å². The van der Waals surface area contributed by atoms with Gasteiger partial charge < -0.3 is 15.4 Å². The lowest BCUT2D eigenvalue weighted by Crippen LogP contribution is -2.49. The van der Waals surface area contributed by atoms with E-state index in [9.17, 15) is 9.59 Å². The number of guanidine groups is 1. The molecule has 2 N–H and O–H groups in total. The molecule has 2 saturated carbocycles. The molecule has 1 atom stereocenters. The van der Waals surface area contributed by atoms with Gasteiger partial charge in [-0.3, -0.25) is 14.5 Å². The lowest BCUT2D eigenvalue weighted by molar-refractivity contribution is -0.136. The summed E-state index contributed by atoms with van der Waals surface area (Å²) in [5.41, 5.74) is 5.86. The van der Waals surface area contributed by atoms with E-state index < -0.39 is 5.54 Å². The van der Waals surface area contributed by atoms with Crippen molar-refractivity contribution in [1.29, 1.82) is 0 Å². The van der Waals surface area contributed by atoms with Crippen LogP contribution in [0.25, 0.3) is 0 Å². The van der Waals surface area contributed by atoms with Crippen molar-refractivity contribution in [2.45, 2.75) is 102 Å². The van der Waals surface area contributed by atoms with Gasteiger partial charge in [-0.1, -0.05) is 82.4 Å². The van der Waals surface area contributed by atoms with Crippen LogP contribution >= 0.6 is 0 Å². The molecule has 39 heavy (non-hydrogen) atoms. The first-order chi connectivity index (χ1) is 19.0. The lowest BCUT2D eigenvalue weighted by atomic mass is 9.75. The molecule has 2 heterocycles. The molecule has 1 saturated heterocycles. The molecule has 2 aliphatic carbocycles. The predicted octanol–water partition coefficient (Wildman–Crippen LogP) is 5.53. The predicted molar refractivity (Wildman–Crippen MR) is 154 cm³/mol. The maximum absolute atomic E-state index is 14.1. The topological polar surface area (TPSA) is 88.2 Å². The summed E-state index contributed by atoms with van der Waals surface area (Å²) in [5, 5.41) is 0. The van der Waals surface area contributed by atoms with E-state index in [1.165, 1.54) is 64.2 Å². The Morgan fingerprint density at radius 1 is 0.897 bits per heavy atom. The van der Waals surface area contributed by atoms with Gasteiger partial charge in [0.25, 0.3) is 11.8 Å². The van der Waals surface area contributed by atoms with Crippen molar-refractivity contribution in [3.63, 3.8) is 0 Å². The highest BCUT2D eigenvalue weighted by molar-refractivity contribution is 6.06. The zero-order chi connectivity index (χ0) is 27.1. The van der Waals surface area contributed by atoms with Crippen molar-refractivity contribution in [1.82, 2.24) is 9.80 Å². The molecule has 3 fully saturated rings. The number of nitrogens with two attached hydrogens (primary N) is 1. The fourth-order valence-corrected chi connectivity index (χ4v) is 7.42. The number of rotatable bonds is 10. The van der Waals surface area contributed by atoms with Gasteiger partial charge in [0.05, 0.1) is 0 Å². The molecular weight excluding hydrogens is 488 g/mol. The third-order valence-electron chi connectivity index (χ3n) is 9.80. The smallest absolute Gasteiger partial charge is 0.260 e. The summed E-state index contributed by atoms with van der Waals surface area (Å²) in [5.74, 6) is 2.94. The summed E-state index contributed by atoms with van der Waals surface area (Å²) < 4.78 is 5.66. The van der Waals surface area contributed by atoms with Gasteiger partial charge in [0.2, 0.25) is 0 Å². The fourth-order valence-electron chi connectivity index (χ4n) is 7.42. The highest BCUT2D eigenvalue weighted by Crippen LogP contribution is 2.41. The van der Waals surface area contributed by atoms with Crippen LogP contribution in [0, 0.1) is 17.8 Å². The summed E-state index contributed by atoms with van der Waals surface area (Å²) >= 11 is 0. The first kappa shape index (κ1) is 28.0. The second-order valence-corrected chi connectivity index (χ2v) is 12.6. The van der Waals surface area contributed by atoms with Gasteiger partial charge in [0.15, 0.2) is 12.6 Å². The number of amides is 2. The summed E-state index contributed by atoms with van der Waals surface area (Å²) in [6, 6.07) is 9.46. The standard InChI is InChI=1S/C32H48N4O3/c33-31-34-32(22-26-12-6-2-7-13-26,19-16-25-10-4-1-5-11-25)30(38)36(31)23-27-17-20-35(21-18-27)29(37)24-39-28-14-8-3-9-15-28/h3,8-9,14-15,25-27H,1-2,4-7,10-13,16-24H2,(H2,33,34). The molecule has 1 aromatic rings. The molecule has 0 radical (unpaired) electrons. The SMILES string of the molecule is NC1=NC(CCC2CCCCC2)(CC2CCCCC2)C(=O)N1CC1CCN(C(=O)COc2ccccc2)CC1. The molecular formula is C32H48N4O3. The van der Waals surface area contributed by atoms with Crippen molar-refractivity contribution in [3.05, 3.63) is 30.3 Å². The Labute approximate surface area is 234 Å². The Morgan fingerprint density at radius 3 is 2.21 bits per heavy atom. The van der Waals surface area contributed by atoms with E-state index in [-0.39, 0.29) is 18.4 Å². The van der Waals surface area contributed by atoms with Crippen molar-refractivity contribution in [2.75, 3.05) is 26.2 Å². The first-order valence-electron chi connectivity index (χ1n) is 15.7. The average molecular weight is 537 g/mol. The molecule has 7 nitrogen and oxygen atoms in total.